The Labute approximate surface area is 179 Å². The first-order chi connectivity index (χ1) is 14.4. The van der Waals surface area contributed by atoms with Crippen molar-refractivity contribution < 1.29 is 19.2 Å². The quantitative estimate of drug-likeness (QED) is 0.562. The normalized spacial score (nSPS) is 13.8. The summed E-state index contributed by atoms with van der Waals surface area (Å²) in [6.45, 7) is 9.01. The summed E-state index contributed by atoms with van der Waals surface area (Å²) in [5.41, 5.74) is 2.69. The summed E-state index contributed by atoms with van der Waals surface area (Å²) < 4.78 is 5.13. The number of ether oxygens (including phenoxy) is 1. The highest BCUT2D eigenvalue weighted by Gasteiger charge is 2.26. The molecule has 6 nitrogen and oxygen atoms in total. The van der Waals surface area contributed by atoms with Crippen LogP contribution in [0.1, 0.15) is 45.6 Å². The summed E-state index contributed by atoms with van der Waals surface area (Å²) in [5, 5.41) is 5.96. The lowest BCUT2D eigenvalue weighted by Gasteiger charge is -2.24. The Morgan fingerprint density at radius 2 is 1.67 bits per heavy atom. The average Bonchev–Trinajstić information content (AvgIpc) is 2.77. The van der Waals surface area contributed by atoms with Gasteiger partial charge in [-0.15, -0.1) is 0 Å². The number of amides is 2. The van der Waals surface area contributed by atoms with Crippen LogP contribution in [-0.4, -0.2) is 38.1 Å². The van der Waals surface area contributed by atoms with Crippen LogP contribution < -0.4 is 20.3 Å². The zero-order valence-electron chi connectivity index (χ0n) is 18.6. The highest BCUT2D eigenvalue weighted by atomic mass is 16.5. The van der Waals surface area contributed by atoms with Crippen molar-refractivity contribution in [1.29, 1.82) is 0 Å². The van der Waals surface area contributed by atoms with E-state index in [0.29, 0.717) is 18.2 Å². The summed E-state index contributed by atoms with van der Waals surface area (Å²) >= 11 is 0. The van der Waals surface area contributed by atoms with Crippen LogP contribution in [0, 0.1) is 0 Å². The van der Waals surface area contributed by atoms with Crippen LogP contribution in [0.25, 0.3) is 0 Å². The molecule has 0 fully saturated rings. The van der Waals surface area contributed by atoms with E-state index in [4.69, 9.17) is 4.74 Å². The zero-order valence-corrected chi connectivity index (χ0v) is 18.6. The van der Waals surface area contributed by atoms with Gasteiger partial charge in [-0.2, -0.15) is 0 Å². The number of para-hydroxylation sites is 1. The van der Waals surface area contributed by atoms with E-state index >= 15 is 0 Å². The molecule has 3 N–H and O–H groups in total. The van der Waals surface area contributed by atoms with Gasteiger partial charge in [0.2, 0.25) is 0 Å². The highest BCUT2D eigenvalue weighted by molar-refractivity contribution is 5.95. The van der Waals surface area contributed by atoms with Crippen molar-refractivity contribution in [3.63, 3.8) is 0 Å². The van der Waals surface area contributed by atoms with Crippen molar-refractivity contribution in [2.75, 3.05) is 30.8 Å². The molecule has 0 bridgehead atoms. The molecular formula is C24H34N3O3+. The summed E-state index contributed by atoms with van der Waals surface area (Å²) in [4.78, 5) is 26.3. The SMILES string of the molecule is CC[C@H](C)c1ccccc1NC(=O)[C@H](C)[NH+](CC)CC(=O)Nc1ccc(OC)cc1. The first-order valence-corrected chi connectivity index (χ1v) is 10.6. The molecule has 3 atom stereocenters. The molecule has 0 heterocycles. The minimum absolute atomic E-state index is 0.0835. The second-order valence-corrected chi connectivity index (χ2v) is 7.57. The van der Waals surface area contributed by atoms with Gasteiger partial charge in [0.25, 0.3) is 11.8 Å². The number of hydrogen-bond acceptors (Lipinski definition) is 3. The molecule has 2 aromatic carbocycles. The van der Waals surface area contributed by atoms with Crippen LogP contribution in [-0.2, 0) is 9.59 Å². The number of quaternary nitrogens is 1. The van der Waals surface area contributed by atoms with E-state index < -0.39 is 0 Å². The Morgan fingerprint density at radius 3 is 2.27 bits per heavy atom. The molecule has 6 heteroatoms. The van der Waals surface area contributed by atoms with Crippen molar-refractivity contribution in [1.82, 2.24) is 0 Å². The molecule has 0 spiro atoms. The van der Waals surface area contributed by atoms with Gasteiger partial charge in [-0.05, 0) is 62.1 Å². The van der Waals surface area contributed by atoms with E-state index in [1.807, 2.05) is 32.0 Å². The molecule has 0 aliphatic heterocycles. The van der Waals surface area contributed by atoms with Gasteiger partial charge in [-0.3, -0.25) is 9.59 Å². The van der Waals surface area contributed by atoms with Gasteiger partial charge < -0.3 is 20.3 Å². The maximum Gasteiger partial charge on any atom is 0.282 e. The van der Waals surface area contributed by atoms with Gasteiger partial charge in [0, 0.05) is 11.4 Å². The van der Waals surface area contributed by atoms with Crippen molar-refractivity contribution in [2.24, 2.45) is 0 Å². The lowest BCUT2D eigenvalue weighted by Crippen LogP contribution is -3.17. The number of methoxy groups -OCH3 is 1. The molecule has 2 amide bonds. The standard InChI is InChI=1S/C24H33N3O3/c1-6-17(3)21-10-8-9-11-22(21)26-24(29)18(4)27(7-2)16-23(28)25-19-12-14-20(30-5)15-13-19/h8-15,17-18H,6-7,16H2,1-5H3,(H,25,28)(H,26,29)/p+1/t17-,18-/m0/s1. The van der Waals surface area contributed by atoms with Crippen molar-refractivity contribution in [3.05, 3.63) is 54.1 Å². The zero-order chi connectivity index (χ0) is 22.1. The molecule has 2 rings (SSSR count). The molecule has 162 valence electrons. The van der Waals surface area contributed by atoms with Crippen molar-refractivity contribution in [3.8, 4) is 5.75 Å². The Hall–Kier alpha value is -2.86. The highest BCUT2D eigenvalue weighted by Crippen LogP contribution is 2.26. The fourth-order valence-electron chi connectivity index (χ4n) is 3.36. The molecule has 0 saturated heterocycles. The van der Waals surface area contributed by atoms with Crippen molar-refractivity contribution in [2.45, 2.75) is 46.1 Å². The Morgan fingerprint density at radius 1 is 1.00 bits per heavy atom. The number of carbonyl (C=O) groups is 2. The van der Waals surface area contributed by atoms with Gasteiger partial charge in [0.05, 0.1) is 13.7 Å². The van der Waals surface area contributed by atoms with E-state index in [9.17, 15) is 9.59 Å². The van der Waals surface area contributed by atoms with E-state index in [2.05, 4.69) is 30.5 Å². The van der Waals surface area contributed by atoms with Gasteiger partial charge in [0.1, 0.15) is 5.75 Å². The summed E-state index contributed by atoms with van der Waals surface area (Å²) in [6, 6.07) is 14.7. The maximum atomic E-state index is 12.9. The second-order valence-electron chi connectivity index (χ2n) is 7.57. The molecule has 0 aliphatic rings. The third-order valence-corrected chi connectivity index (χ3v) is 5.58. The number of rotatable bonds is 10. The van der Waals surface area contributed by atoms with Crippen LogP contribution >= 0.6 is 0 Å². The molecule has 30 heavy (non-hydrogen) atoms. The largest absolute Gasteiger partial charge is 0.497 e. The predicted octanol–water partition coefficient (Wildman–Crippen LogP) is 3.08. The van der Waals surface area contributed by atoms with Crippen LogP contribution in [0.15, 0.2) is 48.5 Å². The van der Waals surface area contributed by atoms with E-state index in [1.54, 1.807) is 31.4 Å². The smallest absolute Gasteiger partial charge is 0.282 e. The molecule has 0 saturated carbocycles. The molecule has 0 aromatic heterocycles. The maximum absolute atomic E-state index is 12.9. The molecule has 0 radical (unpaired) electrons. The van der Waals surface area contributed by atoms with Gasteiger partial charge in [-0.1, -0.05) is 32.0 Å². The van der Waals surface area contributed by atoms with Crippen LogP contribution in [0.4, 0.5) is 11.4 Å². The summed E-state index contributed by atoms with van der Waals surface area (Å²) in [7, 11) is 1.60. The lowest BCUT2D eigenvalue weighted by molar-refractivity contribution is -0.904. The number of hydrogen-bond donors (Lipinski definition) is 3. The first kappa shape index (κ1) is 23.4. The minimum Gasteiger partial charge on any atom is -0.497 e. The van der Waals surface area contributed by atoms with E-state index in [-0.39, 0.29) is 24.4 Å². The molecule has 1 unspecified atom stereocenters. The second kappa shape index (κ2) is 11.4. The van der Waals surface area contributed by atoms with Crippen LogP contribution in [0.2, 0.25) is 0 Å². The number of carbonyl (C=O) groups excluding carboxylic acids is 2. The summed E-state index contributed by atoms with van der Waals surface area (Å²) in [5.74, 6) is 0.884. The number of benzene rings is 2. The van der Waals surface area contributed by atoms with Gasteiger partial charge in [-0.25, -0.2) is 0 Å². The Kier molecular flexibility index (Phi) is 8.87. The molecular weight excluding hydrogens is 378 g/mol. The monoisotopic (exact) mass is 412 g/mol. The molecule has 2 aromatic rings. The molecule has 0 aliphatic carbocycles. The van der Waals surface area contributed by atoms with E-state index in [0.717, 1.165) is 28.3 Å². The lowest BCUT2D eigenvalue weighted by atomic mass is 9.97. The fraction of sp³-hybridized carbons (Fsp3) is 0.417. The topological polar surface area (TPSA) is 71.9 Å². The summed E-state index contributed by atoms with van der Waals surface area (Å²) in [6.07, 6.45) is 1.00. The van der Waals surface area contributed by atoms with Crippen molar-refractivity contribution >= 4 is 23.2 Å². The number of nitrogens with one attached hydrogen (secondary N) is 3. The Balaban J connectivity index is 2.00. The van der Waals surface area contributed by atoms with Gasteiger partial charge >= 0.3 is 0 Å². The third-order valence-electron chi connectivity index (χ3n) is 5.58. The minimum atomic E-state index is -0.360. The van der Waals surface area contributed by atoms with Crippen LogP contribution in [0.3, 0.4) is 0 Å². The number of anilines is 2. The predicted molar refractivity (Wildman–Crippen MR) is 121 cm³/mol. The van der Waals surface area contributed by atoms with Gasteiger partial charge in [0.15, 0.2) is 12.6 Å². The van der Waals surface area contributed by atoms with Crippen LogP contribution in [0.5, 0.6) is 5.75 Å². The van der Waals surface area contributed by atoms with E-state index in [1.165, 1.54) is 0 Å². The Bertz CT molecular complexity index is 836. The number of likely N-dealkylation sites (N-methyl/N-ethyl adjacent to an activating group) is 1. The third kappa shape index (κ3) is 6.32. The fourth-order valence-corrected chi connectivity index (χ4v) is 3.36. The average molecular weight is 413 g/mol. The first-order valence-electron chi connectivity index (χ1n) is 10.6.